The number of carbonyl (C=O) groups excluding carboxylic acids is 1. The van der Waals surface area contributed by atoms with Crippen LogP contribution in [0.15, 0.2) is 60.7 Å². The Hall–Kier alpha value is -3.21. The van der Waals surface area contributed by atoms with Crippen LogP contribution in [0.25, 0.3) is 0 Å². The van der Waals surface area contributed by atoms with Crippen LogP contribution in [0.1, 0.15) is 27.3 Å². The number of aryl methyl sites for hydroxylation is 2. The lowest BCUT2D eigenvalue weighted by Gasteiger charge is -2.12. The van der Waals surface area contributed by atoms with Crippen molar-refractivity contribution in [2.45, 2.75) is 20.5 Å². The molecule has 1 amide bonds. The minimum Gasteiger partial charge on any atom is -0.496 e. The molecule has 0 aliphatic rings. The second kappa shape index (κ2) is 7.78. The van der Waals surface area contributed by atoms with Crippen LogP contribution in [0.3, 0.4) is 0 Å². The van der Waals surface area contributed by atoms with Gasteiger partial charge in [0.25, 0.3) is 5.91 Å². The van der Waals surface area contributed by atoms with Gasteiger partial charge in [0.15, 0.2) is 0 Å². The fourth-order valence-electron chi connectivity index (χ4n) is 2.70. The number of carbonyl (C=O) groups is 1. The topological polar surface area (TPSA) is 52.5 Å². The second-order valence-corrected chi connectivity index (χ2v) is 6.02. The molecule has 0 aliphatic heterocycles. The highest BCUT2D eigenvalue weighted by Crippen LogP contribution is 2.20. The Morgan fingerprint density at radius 1 is 0.962 bits per heavy atom. The third-order valence-electron chi connectivity index (χ3n) is 4.19. The zero-order chi connectivity index (χ0) is 18.5. The van der Waals surface area contributed by atoms with Gasteiger partial charge in [-0.1, -0.05) is 18.2 Å². The van der Waals surface area contributed by atoms with Crippen LogP contribution in [0.2, 0.25) is 0 Å². The molecule has 5 heteroatoms. The number of ether oxygens (including phenoxy) is 2. The highest BCUT2D eigenvalue weighted by atomic mass is 16.5. The van der Waals surface area contributed by atoms with Crippen molar-refractivity contribution in [3.63, 3.8) is 0 Å². The number of methoxy groups -OCH3 is 1. The molecule has 2 aromatic carbocycles. The first kappa shape index (κ1) is 17.6. The first-order chi connectivity index (χ1) is 12.6. The highest BCUT2D eigenvalue weighted by molar-refractivity contribution is 6.00. The highest BCUT2D eigenvalue weighted by Gasteiger charge is 2.09. The molecule has 26 heavy (non-hydrogen) atoms. The summed E-state index contributed by atoms with van der Waals surface area (Å²) in [5.41, 5.74) is 6.39. The van der Waals surface area contributed by atoms with Crippen molar-refractivity contribution < 1.29 is 14.3 Å². The summed E-state index contributed by atoms with van der Waals surface area (Å²) in [5, 5.41) is 0. The Bertz CT molecular complexity index is 878. The number of amides is 1. The minimum absolute atomic E-state index is 0.163. The van der Waals surface area contributed by atoms with E-state index in [4.69, 9.17) is 9.47 Å². The maximum Gasteiger partial charge on any atom is 0.270 e. The molecule has 0 saturated carbocycles. The zero-order valence-electron chi connectivity index (χ0n) is 15.2. The number of aromatic nitrogens is 1. The molecule has 0 aliphatic carbocycles. The third kappa shape index (κ3) is 3.88. The number of benzene rings is 2. The first-order valence-corrected chi connectivity index (χ1v) is 8.39. The SMILES string of the molecule is COc1ccccc1COc1ccc(C(=O)Nn2c(C)ccc2C)cc1. The van der Waals surface area contributed by atoms with Gasteiger partial charge in [-0.25, -0.2) is 0 Å². The van der Waals surface area contributed by atoms with E-state index in [-0.39, 0.29) is 5.91 Å². The summed E-state index contributed by atoms with van der Waals surface area (Å²) in [5.74, 6) is 1.32. The van der Waals surface area contributed by atoms with Gasteiger partial charge in [0, 0.05) is 22.5 Å². The summed E-state index contributed by atoms with van der Waals surface area (Å²) >= 11 is 0. The average molecular weight is 350 g/mol. The lowest BCUT2D eigenvalue weighted by atomic mass is 10.2. The molecule has 1 aromatic heterocycles. The Kier molecular flexibility index (Phi) is 5.27. The summed E-state index contributed by atoms with van der Waals surface area (Å²) in [6.45, 7) is 4.29. The van der Waals surface area contributed by atoms with Crippen LogP contribution in [-0.4, -0.2) is 17.7 Å². The molecule has 134 valence electrons. The minimum atomic E-state index is -0.163. The van der Waals surface area contributed by atoms with Crippen LogP contribution < -0.4 is 14.9 Å². The van der Waals surface area contributed by atoms with Gasteiger partial charge >= 0.3 is 0 Å². The van der Waals surface area contributed by atoms with Crippen molar-refractivity contribution in [1.82, 2.24) is 4.68 Å². The lowest BCUT2D eigenvalue weighted by molar-refractivity contribution is 0.101. The molecule has 0 bridgehead atoms. The molecule has 0 atom stereocenters. The van der Waals surface area contributed by atoms with Crippen molar-refractivity contribution in [1.29, 1.82) is 0 Å². The van der Waals surface area contributed by atoms with Crippen molar-refractivity contribution in [2.24, 2.45) is 0 Å². The Balaban J connectivity index is 1.64. The fourth-order valence-corrected chi connectivity index (χ4v) is 2.70. The molecule has 0 radical (unpaired) electrons. The van der Waals surface area contributed by atoms with Crippen LogP contribution in [0, 0.1) is 13.8 Å². The molecule has 0 fully saturated rings. The summed E-state index contributed by atoms with van der Waals surface area (Å²) in [7, 11) is 1.64. The largest absolute Gasteiger partial charge is 0.496 e. The maximum atomic E-state index is 12.4. The Labute approximate surface area is 153 Å². The van der Waals surface area contributed by atoms with Crippen molar-refractivity contribution in [3.05, 3.63) is 83.2 Å². The van der Waals surface area contributed by atoms with Gasteiger partial charge < -0.3 is 9.47 Å². The standard InChI is InChI=1S/C21H22N2O3/c1-15-8-9-16(2)23(15)22-21(24)17-10-12-19(13-11-17)26-14-18-6-4-5-7-20(18)25-3/h4-13H,14H2,1-3H3,(H,22,24). The first-order valence-electron chi connectivity index (χ1n) is 8.39. The fraction of sp³-hybridized carbons (Fsp3) is 0.190. The van der Waals surface area contributed by atoms with Gasteiger partial charge in [-0.15, -0.1) is 0 Å². The van der Waals surface area contributed by atoms with Gasteiger partial charge in [-0.3, -0.25) is 14.9 Å². The zero-order valence-corrected chi connectivity index (χ0v) is 15.2. The summed E-state index contributed by atoms with van der Waals surface area (Å²) in [6, 6.07) is 18.7. The molecule has 0 spiro atoms. The van der Waals surface area contributed by atoms with Crippen molar-refractivity contribution >= 4 is 5.91 Å². The van der Waals surface area contributed by atoms with Gasteiger partial charge in [0.2, 0.25) is 0 Å². The lowest BCUT2D eigenvalue weighted by Crippen LogP contribution is -2.24. The molecule has 3 rings (SSSR count). The van der Waals surface area contributed by atoms with E-state index in [0.717, 1.165) is 22.7 Å². The monoisotopic (exact) mass is 350 g/mol. The van der Waals surface area contributed by atoms with Gasteiger partial charge in [-0.05, 0) is 56.3 Å². The van der Waals surface area contributed by atoms with Gasteiger partial charge in [0.1, 0.15) is 18.1 Å². The molecule has 3 aromatic rings. The average Bonchev–Trinajstić information content (AvgIpc) is 2.99. The number of para-hydroxylation sites is 1. The Morgan fingerprint density at radius 3 is 2.27 bits per heavy atom. The van der Waals surface area contributed by atoms with Crippen LogP contribution in [-0.2, 0) is 6.61 Å². The molecular weight excluding hydrogens is 328 g/mol. The number of nitrogens with zero attached hydrogens (tertiary/aromatic N) is 1. The number of rotatable bonds is 6. The molecule has 1 N–H and O–H groups in total. The van der Waals surface area contributed by atoms with Crippen molar-refractivity contribution in [2.75, 3.05) is 12.5 Å². The van der Waals surface area contributed by atoms with Crippen LogP contribution in [0.4, 0.5) is 0 Å². The summed E-state index contributed by atoms with van der Waals surface area (Å²) in [6.07, 6.45) is 0. The molecule has 5 nitrogen and oxygen atoms in total. The van der Waals surface area contributed by atoms with E-state index in [1.54, 1.807) is 36.1 Å². The van der Waals surface area contributed by atoms with Gasteiger partial charge in [0.05, 0.1) is 7.11 Å². The van der Waals surface area contributed by atoms with E-state index < -0.39 is 0 Å². The van der Waals surface area contributed by atoms with Crippen LogP contribution >= 0.6 is 0 Å². The number of nitrogens with one attached hydrogen (secondary N) is 1. The quantitative estimate of drug-likeness (QED) is 0.729. The summed E-state index contributed by atoms with van der Waals surface area (Å²) in [4.78, 5) is 12.4. The van der Waals surface area contributed by atoms with Gasteiger partial charge in [-0.2, -0.15) is 0 Å². The summed E-state index contributed by atoms with van der Waals surface area (Å²) < 4.78 is 12.9. The van der Waals surface area contributed by atoms with Crippen molar-refractivity contribution in [3.8, 4) is 11.5 Å². The van der Waals surface area contributed by atoms with E-state index in [9.17, 15) is 4.79 Å². The van der Waals surface area contributed by atoms with E-state index >= 15 is 0 Å². The molecular formula is C21H22N2O3. The van der Waals surface area contributed by atoms with E-state index in [1.165, 1.54) is 0 Å². The maximum absolute atomic E-state index is 12.4. The predicted molar refractivity (Wildman–Crippen MR) is 101 cm³/mol. The smallest absolute Gasteiger partial charge is 0.270 e. The molecule has 0 saturated heterocycles. The second-order valence-electron chi connectivity index (χ2n) is 6.02. The Morgan fingerprint density at radius 2 is 1.62 bits per heavy atom. The third-order valence-corrected chi connectivity index (χ3v) is 4.19. The molecule has 0 unspecified atom stereocenters. The van der Waals surface area contributed by atoms with E-state index in [0.29, 0.717) is 17.9 Å². The number of hydrogen-bond acceptors (Lipinski definition) is 3. The number of hydrogen-bond donors (Lipinski definition) is 1. The van der Waals surface area contributed by atoms with E-state index in [1.807, 2.05) is 50.2 Å². The molecule has 1 heterocycles. The normalized spacial score (nSPS) is 10.4. The predicted octanol–water partition coefficient (Wildman–Crippen LogP) is 4.08. The van der Waals surface area contributed by atoms with E-state index in [2.05, 4.69) is 5.43 Å². The van der Waals surface area contributed by atoms with Crippen LogP contribution in [0.5, 0.6) is 11.5 Å².